The standard InChI is InChI=1S/C18H23N3O/c1-5-11-20(12-6-2)17(22)13-21-16-10-8-7-9-15(16)19-18(21)14(3)4/h5-10,14H,1-2,11-13H2,3-4H3. The fraction of sp³-hybridized carbons (Fsp3) is 0.333. The number of nitrogens with zero attached hydrogens (tertiary/aromatic N) is 3. The van der Waals surface area contributed by atoms with Crippen molar-refractivity contribution in [3.63, 3.8) is 0 Å². The number of fused-ring (bicyclic) bond motifs is 1. The van der Waals surface area contributed by atoms with E-state index in [1.54, 1.807) is 17.1 Å². The second-order valence-electron chi connectivity index (χ2n) is 5.58. The van der Waals surface area contributed by atoms with Gasteiger partial charge in [0.15, 0.2) is 0 Å². The molecule has 0 aliphatic heterocycles. The molecule has 1 aromatic carbocycles. The van der Waals surface area contributed by atoms with Crippen molar-refractivity contribution in [3.05, 3.63) is 55.4 Å². The summed E-state index contributed by atoms with van der Waals surface area (Å²) in [4.78, 5) is 19.0. The highest BCUT2D eigenvalue weighted by Crippen LogP contribution is 2.21. The molecule has 4 nitrogen and oxygen atoms in total. The first kappa shape index (κ1) is 16.0. The molecule has 0 saturated heterocycles. The van der Waals surface area contributed by atoms with Gasteiger partial charge in [-0.15, -0.1) is 13.2 Å². The van der Waals surface area contributed by atoms with Crippen LogP contribution in [0.2, 0.25) is 0 Å². The molecule has 116 valence electrons. The minimum Gasteiger partial charge on any atom is -0.334 e. The molecule has 1 aromatic heterocycles. The fourth-order valence-corrected chi connectivity index (χ4v) is 2.53. The van der Waals surface area contributed by atoms with Gasteiger partial charge >= 0.3 is 0 Å². The molecule has 0 N–H and O–H groups in total. The molecule has 0 radical (unpaired) electrons. The highest BCUT2D eigenvalue weighted by molar-refractivity contribution is 5.81. The van der Waals surface area contributed by atoms with Crippen molar-refractivity contribution < 1.29 is 4.79 Å². The van der Waals surface area contributed by atoms with Gasteiger partial charge in [-0.3, -0.25) is 4.79 Å². The largest absolute Gasteiger partial charge is 0.334 e. The smallest absolute Gasteiger partial charge is 0.243 e. The Bertz CT molecular complexity index is 675. The molecular weight excluding hydrogens is 274 g/mol. The van der Waals surface area contributed by atoms with Crippen LogP contribution >= 0.6 is 0 Å². The Morgan fingerprint density at radius 2 is 1.91 bits per heavy atom. The third-order valence-corrected chi connectivity index (χ3v) is 3.55. The van der Waals surface area contributed by atoms with Gasteiger partial charge in [-0.1, -0.05) is 38.1 Å². The number of amides is 1. The van der Waals surface area contributed by atoms with E-state index in [9.17, 15) is 4.79 Å². The van der Waals surface area contributed by atoms with Crippen LogP contribution in [-0.2, 0) is 11.3 Å². The number of imidazole rings is 1. The lowest BCUT2D eigenvalue weighted by Crippen LogP contribution is -2.34. The second kappa shape index (κ2) is 7.07. The summed E-state index contributed by atoms with van der Waals surface area (Å²) in [6.07, 6.45) is 3.47. The second-order valence-corrected chi connectivity index (χ2v) is 5.58. The minimum absolute atomic E-state index is 0.0462. The van der Waals surface area contributed by atoms with Crippen molar-refractivity contribution in [2.75, 3.05) is 13.1 Å². The van der Waals surface area contributed by atoms with E-state index in [4.69, 9.17) is 0 Å². The van der Waals surface area contributed by atoms with Crippen molar-refractivity contribution in [1.82, 2.24) is 14.5 Å². The van der Waals surface area contributed by atoms with Crippen LogP contribution in [-0.4, -0.2) is 33.4 Å². The van der Waals surface area contributed by atoms with Crippen molar-refractivity contribution in [2.45, 2.75) is 26.3 Å². The monoisotopic (exact) mass is 297 g/mol. The molecular formula is C18H23N3O. The molecule has 1 amide bonds. The van der Waals surface area contributed by atoms with Gasteiger partial charge in [-0.25, -0.2) is 4.98 Å². The Morgan fingerprint density at radius 1 is 1.27 bits per heavy atom. The van der Waals surface area contributed by atoms with Crippen LogP contribution in [0.1, 0.15) is 25.6 Å². The van der Waals surface area contributed by atoms with E-state index in [0.29, 0.717) is 13.1 Å². The topological polar surface area (TPSA) is 38.1 Å². The number of carbonyl (C=O) groups excluding carboxylic acids is 1. The number of rotatable bonds is 7. The van der Waals surface area contributed by atoms with Gasteiger partial charge in [-0.05, 0) is 12.1 Å². The van der Waals surface area contributed by atoms with E-state index in [1.807, 2.05) is 28.8 Å². The third-order valence-electron chi connectivity index (χ3n) is 3.55. The number of carbonyl (C=O) groups is 1. The lowest BCUT2D eigenvalue weighted by molar-refractivity contribution is -0.130. The van der Waals surface area contributed by atoms with Crippen molar-refractivity contribution >= 4 is 16.9 Å². The summed E-state index contributed by atoms with van der Waals surface area (Å²) in [6, 6.07) is 7.92. The molecule has 4 heteroatoms. The van der Waals surface area contributed by atoms with Crippen LogP contribution in [0.4, 0.5) is 0 Å². The molecule has 22 heavy (non-hydrogen) atoms. The molecule has 0 bridgehead atoms. The van der Waals surface area contributed by atoms with E-state index in [-0.39, 0.29) is 18.4 Å². The zero-order valence-corrected chi connectivity index (χ0v) is 13.3. The van der Waals surface area contributed by atoms with Gasteiger partial charge in [0.25, 0.3) is 0 Å². The Labute approximate surface area is 131 Å². The summed E-state index contributed by atoms with van der Waals surface area (Å²) in [5, 5.41) is 0. The lowest BCUT2D eigenvalue weighted by atomic mass is 10.2. The molecule has 0 atom stereocenters. The molecule has 0 aliphatic carbocycles. The highest BCUT2D eigenvalue weighted by Gasteiger charge is 2.18. The fourth-order valence-electron chi connectivity index (χ4n) is 2.53. The van der Waals surface area contributed by atoms with E-state index >= 15 is 0 Å². The molecule has 2 rings (SSSR count). The molecule has 1 heterocycles. The van der Waals surface area contributed by atoms with Gasteiger partial charge < -0.3 is 9.47 Å². The maximum atomic E-state index is 12.6. The van der Waals surface area contributed by atoms with Crippen LogP contribution in [0.3, 0.4) is 0 Å². The molecule has 0 fully saturated rings. The third kappa shape index (κ3) is 3.27. The summed E-state index contributed by atoms with van der Waals surface area (Å²) in [5.74, 6) is 1.24. The zero-order chi connectivity index (χ0) is 16.1. The van der Waals surface area contributed by atoms with Crippen LogP contribution in [0.15, 0.2) is 49.6 Å². The molecule has 0 aliphatic rings. The Balaban J connectivity index is 2.36. The number of para-hydroxylation sites is 2. The van der Waals surface area contributed by atoms with E-state index in [0.717, 1.165) is 16.9 Å². The molecule has 0 spiro atoms. The van der Waals surface area contributed by atoms with Crippen LogP contribution < -0.4 is 0 Å². The van der Waals surface area contributed by atoms with E-state index in [1.165, 1.54) is 0 Å². The molecule has 2 aromatic rings. The highest BCUT2D eigenvalue weighted by atomic mass is 16.2. The maximum absolute atomic E-state index is 12.6. The normalized spacial score (nSPS) is 10.9. The van der Waals surface area contributed by atoms with Crippen molar-refractivity contribution in [3.8, 4) is 0 Å². The van der Waals surface area contributed by atoms with Crippen LogP contribution in [0.25, 0.3) is 11.0 Å². The average Bonchev–Trinajstić information content (AvgIpc) is 2.86. The Kier molecular flexibility index (Phi) is 5.15. The van der Waals surface area contributed by atoms with E-state index in [2.05, 4.69) is 32.0 Å². The summed E-state index contributed by atoms with van der Waals surface area (Å²) in [6.45, 7) is 12.9. The first-order chi connectivity index (χ1) is 10.6. The van der Waals surface area contributed by atoms with Gasteiger partial charge in [0.05, 0.1) is 11.0 Å². The first-order valence-electron chi connectivity index (χ1n) is 7.53. The average molecular weight is 297 g/mol. The van der Waals surface area contributed by atoms with Crippen LogP contribution in [0.5, 0.6) is 0 Å². The number of hydrogen-bond donors (Lipinski definition) is 0. The summed E-state index contributed by atoms with van der Waals surface area (Å²) < 4.78 is 2.02. The molecule has 0 unspecified atom stereocenters. The quantitative estimate of drug-likeness (QED) is 0.735. The first-order valence-corrected chi connectivity index (χ1v) is 7.53. The van der Waals surface area contributed by atoms with Gasteiger partial charge in [-0.2, -0.15) is 0 Å². The summed E-state index contributed by atoms with van der Waals surface area (Å²) >= 11 is 0. The van der Waals surface area contributed by atoms with Crippen molar-refractivity contribution in [1.29, 1.82) is 0 Å². The predicted molar refractivity (Wildman–Crippen MR) is 90.8 cm³/mol. The number of hydrogen-bond acceptors (Lipinski definition) is 2. The number of aromatic nitrogens is 2. The maximum Gasteiger partial charge on any atom is 0.243 e. The predicted octanol–water partition coefficient (Wildman–Crippen LogP) is 3.36. The Hall–Kier alpha value is -2.36. The number of benzene rings is 1. The van der Waals surface area contributed by atoms with Crippen molar-refractivity contribution in [2.24, 2.45) is 0 Å². The lowest BCUT2D eigenvalue weighted by Gasteiger charge is -2.21. The Morgan fingerprint density at radius 3 is 2.50 bits per heavy atom. The molecule has 0 saturated carbocycles. The van der Waals surface area contributed by atoms with Gasteiger partial charge in [0.1, 0.15) is 12.4 Å². The summed E-state index contributed by atoms with van der Waals surface area (Å²) in [7, 11) is 0. The van der Waals surface area contributed by atoms with E-state index < -0.39 is 0 Å². The summed E-state index contributed by atoms with van der Waals surface area (Å²) in [5.41, 5.74) is 1.93. The van der Waals surface area contributed by atoms with Gasteiger partial charge in [0, 0.05) is 19.0 Å². The van der Waals surface area contributed by atoms with Gasteiger partial charge in [0.2, 0.25) is 5.91 Å². The zero-order valence-electron chi connectivity index (χ0n) is 13.3. The minimum atomic E-state index is 0.0462. The van der Waals surface area contributed by atoms with Crippen LogP contribution in [0, 0.1) is 0 Å². The SMILES string of the molecule is C=CCN(CC=C)C(=O)Cn1c(C(C)C)nc2ccccc21.